The third-order valence-electron chi connectivity index (χ3n) is 4.10. The highest BCUT2D eigenvalue weighted by Crippen LogP contribution is 2.29. The predicted octanol–water partition coefficient (Wildman–Crippen LogP) is 1.45. The van der Waals surface area contributed by atoms with E-state index in [4.69, 9.17) is 14.7 Å². The van der Waals surface area contributed by atoms with E-state index >= 15 is 0 Å². The summed E-state index contributed by atoms with van der Waals surface area (Å²) >= 11 is 0. The summed E-state index contributed by atoms with van der Waals surface area (Å²) in [6, 6.07) is 7.73. The molecule has 0 aliphatic carbocycles. The van der Waals surface area contributed by atoms with Crippen molar-refractivity contribution in [3.05, 3.63) is 29.3 Å². The fraction of sp³-hybridized carbons (Fsp3) is 0.562. The Morgan fingerprint density at radius 2 is 2.19 bits per heavy atom. The van der Waals surface area contributed by atoms with Gasteiger partial charge >= 0.3 is 0 Å². The molecule has 1 aliphatic heterocycles. The molecule has 1 aromatic carbocycles. The zero-order valence-electron chi connectivity index (χ0n) is 12.4. The average molecular weight is 290 g/mol. The van der Waals surface area contributed by atoms with Crippen molar-refractivity contribution in [3.63, 3.8) is 0 Å². The van der Waals surface area contributed by atoms with Crippen LogP contribution >= 0.6 is 0 Å². The molecular formula is C16H22N2O3. The van der Waals surface area contributed by atoms with Crippen LogP contribution in [0.25, 0.3) is 0 Å². The summed E-state index contributed by atoms with van der Waals surface area (Å²) in [7, 11) is 1.56. The Bertz CT molecular complexity index is 505. The predicted molar refractivity (Wildman–Crippen MR) is 79.0 cm³/mol. The molecule has 1 saturated heterocycles. The highest BCUT2D eigenvalue weighted by atomic mass is 16.5. The van der Waals surface area contributed by atoms with Gasteiger partial charge in [-0.25, -0.2) is 0 Å². The van der Waals surface area contributed by atoms with Gasteiger partial charge in [-0.3, -0.25) is 0 Å². The Morgan fingerprint density at radius 3 is 2.81 bits per heavy atom. The van der Waals surface area contributed by atoms with Crippen LogP contribution in [0.5, 0.6) is 5.75 Å². The summed E-state index contributed by atoms with van der Waals surface area (Å²) in [5.41, 5.74) is 1.50. The van der Waals surface area contributed by atoms with Crippen LogP contribution in [0.4, 0.5) is 0 Å². The van der Waals surface area contributed by atoms with Crippen LogP contribution in [0.15, 0.2) is 18.2 Å². The van der Waals surface area contributed by atoms with E-state index in [2.05, 4.69) is 11.4 Å². The van der Waals surface area contributed by atoms with E-state index < -0.39 is 0 Å². The van der Waals surface area contributed by atoms with Crippen LogP contribution in [0.2, 0.25) is 0 Å². The number of aliphatic hydroxyl groups is 1. The number of methoxy groups -OCH3 is 1. The van der Waals surface area contributed by atoms with E-state index in [0.29, 0.717) is 31.1 Å². The SMILES string of the molecule is COc1ccc(CNCC2(CO)CCOCC2)cc1C#N. The number of hydrogen-bond donors (Lipinski definition) is 2. The van der Waals surface area contributed by atoms with Gasteiger partial charge in [-0.1, -0.05) is 6.07 Å². The monoisotopic (exact) mass is 290 g/mol. The Morgan fingerprint density at radius 1 is 1.43 bits per heavy atom. The summed E-state index contributed by atoms with van der Waals surface area (Å²) in [5.74, 6) is 0.595. The zero-order valence-corrected chi connectivity index (χ0v) is 12.4. The first kappa shape index (κ1) is 15.8. The molecule has 1 heterocycles. The van der Waals surface area contributed by atoms with Gasteiger partial charge in [0.05, 0.1) is 19.3 Å². The second-order valence-electron chi connectivity index (χ2n) is 5.52. The largest absolute Gasteiger partial charge is 0.495 e. The lowest BCUT2D eigenvalue weighted by Gasteiger charge is -2.35. The third kappa shape index (κ3) is 3.94. The number of aliphatic hydroxyl groups excluding tert-OH is 1. The van der Waals surface area contributed by atoms with Crippen molar-refractivity contribution in [2.24, 2.45) is 5.41 Å². The van der Waals surface area contributed by atoms with Crippen LogP contribution in [-0.2, 0) is 11.3 Å². The van der Waals surface area contributed by atoms with Crippen molar-refractivity contribution in [1.82, 2.24) is 5.32 Å². The van der Waals surface area contributed by atoms with E-state index in [1.165, 1.54) is 0 Å². The fourth-order valence-corrected chi connectivity index (χ4v) is 2.62. The smallest absolute Gasteiger partial charge is 0.136 e. The summed E-state index contributed by atoms with van der Waals surface area (Å²) in [5, 5.41) is 22.1. The van der Waals surface area contributed by atoms with Gasteiger partial charge < -0.3 is 19.9 Å². The number of nitriles is 1. The molecule has 0 unspecified atom stereocenters. The van der Waals surface area contributed by atoms with E-state index in [-0.39, 0.29) is 12.0 Å². The van der Waals surface area contributed by atoms with Crippen LogP contribution in [0.1, 0.15) is 24.0 Å². The van der Waals surface area contributed by atoms with Gasteiger partial charge in [-0.2, -0.15) is 5.26 Å². The maximum atomic E-state index is 9.63. The molecule has 2 N–H and O–H groups in total. The van der Waals surface area contributed by atoms with Crippen molar-refractivity contribution in [3.8, 4) is 11.8 Å². The van der Waals surface area contributed by atoms with Crippen molar-refractivity contribution in [2.45, 2.75) is 19.4 Å². The fourth-order valence-electron chi connectivity index (χ4n) is 2.62. The first-order valence-electron chi connectivity index (χ1n) is 7.19. The standard InChI is InChI=1S/C16H22N2O3/c1-20-15-3-2-13(8-14(15)9-17)10-18-11-16(12-19)4-6-21-7-5-16/h2-3,8,18-19H,4-7,10-12H2,1H3. The molecule has 114 valence electrons. The minimum Gasteiger partial charge on any atom is -0.495 e. The molecule has 0 bridgehead atoms. The molecule has 0 amide bonds. The van der Waals surface area contributed by atoms with E-state index in [0.717, 1.165) is 24.9 Å². The molecule has 0 aromatic heterocycles. The number of hydrogen-bond acceptors (Lipinski definition) is 5. The third-order valence-corrected chi connectivity index (χ3v) is 4.10. The Labute approximate surface area is 125 Å². The quantitative estimate of drug-likeness (QED) is 0.829. The lowest BCUT2D eigenvalue weighted by molar-refractivity contribution is -0.0154. The molecular weight excluding hydrogens is 268 g/mol. The molecule has 5 nitrogen and oxygen atoms in total. The number of ether oxygens (including phenoxy) is 2. The van der Waals surface area contributed by atoms with Crippen LogP contribution in [0.3, 0.4) is 0 Å². The molecule has 0 spiro atoms. The maximum absolute atomic E-state index is 9.63. The summed E-state index contributed by atoms with van der Waals surface area (Å²) in [6.45, 7) is 3.02. The van der Waals surface area contributed by atoms with Crippen molar-refractivity contribution in [2.75, 3.05) is 33.5 Å². The van der Waals surface area contributed by atoms with Gasteiger partial charge in [-0.15, -0.1) is 0 Å². The van der Waals surface area contributed by atoms with Crippen molar-refractivity contribution in [1.29, 1.82) is 5.26 Å². The Hall–Kier alpha value is -1.61. The van der Waals surface area contributed by atoms with Gasteiger partial charge in [0.1, 0.15) is 11.8 Å². The highest BCUT2D eigenvalue weighted by molar-refractivity contribution is 5.45. The molecule has 0 atom stereocenters. The minimum atomic E-state index is -0.0806. The van der Waals surface area contributed by atoms with Gasteiger partial charge in [0.25, 0.3) is 0 Å². The molecule has 2 rings (SSSR count). The lowest BCUT2D eigenvalue weighted by atomic mass is 9.81. The highest BCUT2D eigenvalue weighted by Gasteiger charge is 2.31. The molecule has 0 saturated carbocycles. The summed E-state index contributed by atoms with van der Waals surface area (Å²) < 4.78 is 10.5. The van der Waals surface area contributed by atoms with Gasteiger partial charge in [0.15, 0.2) is 0 Å². The summed E-state index contributed by atoms with van der Waals surface area (Å²) in [6.07, 6.45) is 1.76. The van der Waals surface area contributed by atoms with Gasteiger partial charge in [0.2, 0.25) is 0 Å². The van der Waals surface area contributed by atoms with Crippen molar-refractivity contribution >= 4 is 0 Å². The first-order valence-corrected chi connectivity index (χ1v) is 7.19. The lowest BCUT2D eigenvalue weighted by Crippen LogP contribution is -2.41. The normalized spacial score (nSPS) is 17.2. The van der Waals surface area contributed by atoms with Gasteiger partial charge in [0, 0.05) is 31.7 Å². The minimum absolute atomic E-state index is 0.0806. The number of benzene rings is 1. The number of nitrogens with one attached hydrogen (secondary N) is 1. The second kappa shape index (κ2) is 7.41. The van der Waals surface area contributed by atoms with E-state index in [9.17, 15) is 5.11 Å². The molecule has 0 radical (unpaired) electrons. The molecule has 1 fully saturated rings. The van der Waals surface area contributed by atoms with Crippen molar-refractivity contribution < 1.29 is 14.6 Å². The molecule has 1 aromatic rings. The van der Waals surface area contributed by atoms with E-state index in [1.807, 2.05) is 18.2 Å². The summed E-state index contributed by atoms with van der Waals surface area (Å²) in [4.78, 5) is 0. The number of nitrogens with zero attached hydrogens (tertiary/aromatic N) is 1. The van der Waals surface area contributed by atoms with Crippen LogP contribution < -0.4 is 10.1 Å². The topological polar surface area (TPSA) is 74.5 Å². The first-order chi connectivity index (χ1) is 10.2. The molecule has 21 heavy (non-hydrogen) atoms. The molecule has 1 aliphatic rings. The second-order valence-corrected chi connectivity index (χ2v) is 5.52. The molecule has 5 heteroatoms. The number of rotatable bonds is 6. The average Bonchev–Trinajstić information content (AvgIpc) is 2.55. The van der Waals surface area contributed by atoms with E-state index in [1.54, 1.807) is 7.11 Å². The Kier molecular flexibility index (Phi) is 5.57. The van der Waals surface area contributed by atoms with Crippen LogP contribution in [0, 0.1) is 16.7 Å². The van der Waals surface area contributed by atoms with Gasteiger partial charge in [-0.05, 0) is 30.5 Å². The zero-order chi connectivity index (χ0) is 15.1. The van der Waals surface area contributed by atoms with Crippen LogP contribution in [-0.4, -0.2) is 38.6 Å². The maximum Gasteiger partial charge on any atom is 0.136 e. The Balaban J connectivity index is 1.92.